The van der Waals surface area contributed by atoms with Crippen molar-refractivity contribution in [2.45, 2.75) is 0 Å². The van der Waals surface area contributed by atoms with Crippen LogP contribution >= 0.6 is 15.9 Å². The summed E-state index contributed by atoms with van der Waals surface area (Å²) in [6.45, 7) is 0. The molecule has 1 amide bonds. The van der Waals surface area contributed by atoms with E-state index in [0.29, 0.717) is 28.3 Å². The third-order valence-corrected chi connectivity index (χ3v) is 3.27. The number of carbonyl (C=O) groups excluding carboxylic acids is 1. The minimum Gasteiger partial charge on any atom is -0.497 e. The average molecular weight is 346 g/mol. The van der Waals surface area contributed by atoms with Crippen LogP contribution < -0.4 is 15.8 Å². The molecule has 0 atom stereocenters. The van der Waals surface area contributed by atoms with Crippen LogP contribution in [0.5, 0.6) is 5.75 Å². The first-order valence-corrected chi connectivity index (χ1v) is 6.78. The van der Waals surface area contributed by atoms with Crippen LogP contribution in [0.2, 0.25) is 0 Å². The zero-order valence-corrected chi connectivity index (χ0v) is 12.8. The molecule has 2 rings (SSSR count). The molecule has 3 N–H and O–H groups in total. The number of methoxy groups -OCH3 is 1. The van der Waals surface area contributed by atoms with Crippen molar-refractivity contribution in [3.05, 3.63) is 52.0 Å². The molecule has 106 valence electrons. The summed E-state index contributed by atoms with van der Waals surface area (Å²) in [6, 6.07) is 11.8. The van der Waals surface area contributed by atoms with Gasteiger partial charge in [-0.2, -0.15) is 5.26 Å². The number of hydrogen-bond acceptors (Lipinski definition) is 4. The Kier molecular flexibility index (Phi) is 4.45. The Labute approximate surface area is 130 Å². The summed E-state index contributed by atoms with van der Waals surface area (Å²) in [4.78, 5) is 12.3. The van der Waals surface area contributed by atoms with Gasteiger partial charge in [0.2, 0.25) is 0 Å². The molecular weight excluding hydrogens is 334 g/mol. The number of benzene rings is 2. The van der Waals surface area contributed by atoms with E-state index in [2.05, 4.69) is 21.2 Å². The lowest BCUT2D eigenvalue weighted by Gasteiger charge is -2.09. The van der Waals surface area contributed by atoms with Crippen molar-refractivity contribution in [1.82, 2.24) is 0 Å². The summed E-state index contributed by atoms with van der Waals surface area (Å²) < 4.78 is 5.85. The molecule has 0 unspecified atom stereocenters. The summed E-state index contributed by atoms with van der Waals surface area (Å²) in [5.41, 5.74) is 7.32. The average Bonchev–Trinajstić information content (AvgIpc) is 2.46. The van der Waals surface area contributed by atoms with Crippen molar-refractivity contribution >= 4 is 33.2 Å². The van der Waals surface area contributed by atoms with Crippen molar-refractivity contribution in [1.29, 1.82) is 5.26 Å². The van der Waals surface area contributed by atoms with Crippen LogP contribution in [0.25, 0.3) is 0 Å². The van der Waals surface area contributed by atoms with E-state index in [9.17, 15) is 4.79 Å². The van der Waals surface area contributed by atoms with Crippen LogP contribution in [-0.2, 0) is 0 Å². The molecule has 21 heavy (non-hydrogen) atoms. The summed E-state index contributed by atoms with van der Waals surface area (Å²) in [5.74, 6) is 0.130. The van der Waals surface area contributed by atoms with Gasteiger partial charge in [-0.15, -0.1) is 0 Å². The van der Waals surface area contributed by atoms with Crippen molar-refractivity contribution in [2.75, 3.05) is 18.2 Å². The number of anilines is 2. The van der Waals surface area contributed by atoms with Crippen molar-refractivity contribution < 1.29 is 9.53 Å². The van der Waals surface area contributed by atoms with Crippen molar-refractivity contribution in [2.24, 2.45) is 0 Å². The SMILES string of the molecule is COc1cc(N)cc(C(=O)Nc2cc(Br)ccc2C#N)c1. The van der Waals surface area contributed by atoms with E-state index in [1.54, 1.807) is 36.4 Å². The molecule has 6 heteroatoms. The molecule has 0 saturated heterocycles. The van der Waals surface area contributed by atoms with E-state index in [1.165, 1.54) is 7.11 Å². The number of nitrogens with two attached hydrogens (primary N) is 1. The fourth-order valence-electron chi connectivity index (χ4n) is 1.78. The number of carbonyl (C=O) groups is 1. The number of halogens is 1. The van der Waals surface area contributed by atoms with Crippen molar-refractivity contribution in [3.63, 3.8) is 0 Å². The van der Waals surface area contributed by atoms with Gasteiger partial charge in [-0.3, -0.25) is 4.79 Å². The summed E-state index contributed by atoms with van der Waals surface area (Å²) in [7, 11) is 1.50. The monoisotopic (exact) mass is 345 g/mol. The molecule has 2 aromatic carbocycles. The lowest BCUT2D eigenvalue weighted by Crippen LogP contribution is -2.13. The van der Waals surface area contributed by atoms with Crippen LogP contribution in [0.15, 0.2) is 40.9 Å². The number of nitriles is 1. The topological polar surface area (TPSA) is 88.1 Å². The molecule has 0 spiro atoms. The van der Waals surface area contributed by atoms with Gasteiger partial charge in [0.15, 0.2) is 0 Å². The van der Waals surface area contributed by atoms with Gasteiger partial charge in [-0.25, -0.2) is 0 Å². The Balaban J connectivity index is 2.32. The molecule has 0 aromatic heterocycles. The molecule has 0 fully saturated rings. The van der Waals surface area contributed by atoms with Crippen LogP contribution in [0.4, 0.5) is 11.4 Å². The smallest absolute Gasteiger partial charge is 0.255 e. The Hall–Kier alpha value is -2.52. The molecule has 0 saturated carbocycles. The molecule has 0 bridgehead atoms. The number of rotatable bonds is 3. The largest absolute Gasteiger partial charge is 0.497 e. The highest BCUT2D eigenvalue weighted by atomic mass is 79.9. The second-order valence-corrected chi connectivity index (χ2v) is 5.17. The number of hydrogen-bond donors (Lipinski definition) is 2. The second kappa shape index (κ2) is 6.29. The number of nitrogen functional groups attached to an aromatic ring is 1. The van der Waals surface area contributed by atoms with Gasteiger partial charge in [-0.1, -0.05) is 15.9 Å². The third kappa shape index (κ3) is 3.52. The third-order valence-electron chi connectivity index (χ3n) is 2.78. The van der Waals surface area contributed by atoms with Crippen LogP contribution in [0, 0.1) is 11.3 Å². The first kappa shape index (κ1) is 14.9. The quantitative estimate of drug-likeness (QED) is 0.836. The first-order valence-electron chi connectivity index (χ1n) is 5.99. The Morgan fingerprint density at radius 2 is 2.10 bits per heavy atom. The number of ether oxygens (including phenoxy) is 1. The maximum Gasteiger partial charge on any atom is 0.255 e. The molecule has 0 radical (unpaired) electrons. The minimum atomic E-state index is -0.366. The first-order chi connectivity index (χ1) is 10.0. The molecule has 0 heterocycles. The van der Waals surface area contributed by atoms with Crippen molar-refractivity contribution in [3.8, 4) is 11.8 Å². The predicted molar refractivity (Wildman–Crippen MR) is 84.2 cm³/mol. The van der Waals surface area contributed by atoms with Crippen LogP contribution in [0.1, 0.15) is 15.9 Å². The highest BCUT2D eigenvalue weighted by Crippen LogP contribution is 2.23. The highest BCUT2D eigenvalue weighted by Gasteiger charge is 2.11. The maximum absolute atomic E-state index is 12.3. The highest BCUT2D eigenvalue weighted by molar-refractivity contribution is 9.10. The molecule has 5 nitrogen and oxygen atoms in total. The summed E-state index contributed by atoms with van der Waals surface area (Å²) >= 11 is 3.31. The predicted octanol–water partition coefficient (Wildman–Crippen LogP) is 3.16. The van der Waals surface area contributed by atoms with Gasteiger partial charge >= 0.3 is 0 Å². The zero-order chi connectivity index (χ0) is 15.4. The Bertz CT molecular complexity index is 738. The number of nitrogens with zero attached hydrogens (tertiary/aromatic N) is 1. The molecule has 0 aliphatic carbocycles. The fourth-order valence-corrected chi connectivity index (χ4v) is 2.14. The molecule has 0 aliphatic heterocycles. The summed E-state index contributed by atoms with van der Waals surface area (Å²) in [5, 5.41) is 11.8. The second-order valence-electron chi connectivity index (χ2n) is 4.25. The molecule has 2 aromatic rings. The van der Waals surface area contributed by atoms with Crippen LogP contribution in [-0.4, -0.2) is 13.0 Å². The van der Waals surface area contributed by atoms with Gasteiger partial charge in [0, 0.05) is 21.8 Å². The summed E-state index contributed by atoms with van der Waals surface area (Å²) in [6.07, 6.45) is 0. The lowest BCUT2D eigenvalue weighted by molar-refractivity contribution is 0.102. The van der Waals surface area contributed by atoms with Gasteiger partial charge in [0.05, 0.1) is 18.4 Å². The van der Waals surface area contributed by atoms with E-state index >= 15 is 0 Å². The van der Waals surface area contributed by atoms with E-state index in [-0.39, 0.29) is 5.91 Å². The van der Waals surface area contributed by atoms with Gasteiger partial charge in [0.25, 0.3) is 5.91 Å². The molecule has 0 aliphatic rings. The fraction of sp³-hybridized carbons (Fsp3) is 0.0667. The van der Waals surface area contributed by atoms with E-state index in [1.807, 2.05) is 6.07 Å². The number of amides is 1. The Morgan fingerprint density at radius 1 is 1.33 bits per heavy atom. The minimum absolute atomic E-state index is 0.357. The van der Waals surface area contributed by atoms with Gasteiger partial charge in [0.1, 0.15) is 11.8 Å². The zero-order valence-electron chi connectivity index (χ0n) is 11.2. The van der Waals surface area contributed by atoms with Gasteiger partial charge < -0.3 is 15.8 Å². The van der Waals surface area contributed by atoms with E-state index in [4.69, 9.17) is 15.7 Å². The van der Waals surface area contributed by atoms with E-state index < -0.39 is 0 Å². The van der Waals surface area contributed by atoms with E-state index in [0.717, 1.165) is 4.47 Å². The normalized spacial score (nSPS) is 9.76. The number of nitrogens with one attached hydrogen (secondary N) is 1. The van der Waals surface area contributed by atoms with Gasteiger partial charge in [-0.05, 0) is 30.3 Å². The lowest BCUT2D eigenvalue weighted by atomic mass is 10.1. The molecular formula is C15H12BrN3O2. The van der Waals surface area contributed by atoms with Crippen LogP contribution in [0.3, 0.4) is 0 Å². The maximum atomic E-state index is 12.3. The standard InChI is InChI=1S/C15H12BrN3O2/c1-21-13-5-10(4-12(18)7-13)15(20)19-14-6-11(16)3-2-9(14)8-17/h2-7H,18H2,1H3,(H,19,20). The Morgan fingerprint density at radius 3 is 2.76 bits per heavy atom.